The minimum absolute atomic E-state index is 0. The van der Waals surface area contributed by atoms with Crippen molar-refractivity contribution in [2.75, 3.05) is 45.8 Å². The number of aliphatic imine (C=N–C) groups is 1. The van der Waals surface area contributed by atoms with Crippen LogP contribution in [0.3, 0.4) is 0 Å². The summed E-state index contributed by atoms with van der Waals surface area (Å²) in [4.78, 5) is 33.1. The van der Waals surface area contributed by atoms with E-state index in [1.807, 2.05) is 9.80 Å². The SMILES string of the molecule is CCNC(=NCC(CC)CC)NCCCCCC(=O)N1CCN(C(=O)CC(C)C)CC1.I. The molecule has 188 valence electrons. The summed E-state index contributed by atoms with van der Waals surface area (Å²) >= 11 is 0. The molecule has 0 atom stereocenters. The van der Waals surface area contributed by atoms with Gasteiger partial charge in [0, 0.05) is 58.7 Å². The van der Waals surface area contributed by atoms with Crippen LogP contribution in [0.5, 0.6) is 0 Å². The highest BCUT2D eigenvalue weighted by Crippen LogP contribution is 2.11. The maximum atomic E-state index is 12.5. The van der Waals surface area contributed by atoms with Crippen LogP contribution >= 0.6 is 24.0 Å². The Labute approximate surface area is 213 Å². The van der Waals surface area contributed by atoms with E-state index in [0.717, 1.165) is 57.7 Å². The van der Waals surface area contributed by atoms with Gasteiger partial charge in [0.1, 0.15) is 0 Å². The molecule has 1 aliphatic rings. The zero-order valence-corrected chi connectivity index (χ0v) is 23.5. The molecule has 32 heavy (non-hydrogen) atoms. The molecule has 0 radical (unpaired) electrons. The average Bonchev–Trinajstić information content (AvgIpc) is 2.76. The van der Waals surface area contributed by atoms with Gasteiger partial charge in [0.15, 0.2) is 5.96 Å². The lowest BCUT2D eigenvalue weighted by atomic mass is 10.0. The molecule has 8 heteroatoms. The van der Waals surface area contributed by atoms with Crippen LogP contribution in [0.2, 0.25) is 0 Å². The minimum Gasteiger partial charge on any atom is -0.357 e. The van der Waals surface area contributed by atoms with E-state index >= 15 is 0 Å². The van der Waals surface area contributed by atoms with Gasteiger partial charge in [-0.25, -0.2) is 0 Å². The van der Waals surface area contributed by atoms with E-state index in [4.69, 9.17) is 4.99 Å². The summed E-state index contributed by atoms with van der Waals surface area (Å²) in [6.07, 6.45) is 6.49. The van der Waals surface area contributed by atoms with E-state index in [2.05, 4.69) is 45.3 Å². The molecule has 0 saturated carbocycles. The molecule has 0 unspecified atom stereocenters. The lowest BCUT2D eigenvalue weighted by Gasteiger charge is -2.35. The number of rotatable bonds is 13. The number of amides is 2. The van der Waals surface area contributed by atoms with Gasteiger partial charge in [0.25, 0.3) is 0 Å². The second-order valence-electron chi connectivity index (χ2n) is 9.00. The predicted molar refractivity (Wildman–Crippen MR) is 145 cm³/mol. The lowest BCUT2D eigenvalue weighted by Crippen LogP contribution is -2.50. The van der Waals surface area contributed by atoms with Crippen molar-refractivity contribution in [3.8, 4) is 0 Å². The number of hydrogen-bond acceptors (Lipinski definition) is 3. The van der Waals surface area contributed by atoms with Gasteiger partial charge in [0.05, 0.1) is 0 Å². The van der Waals surface area contributed by atoms with E-state index in [1.165, 1.54) is 0 Å². The summed E-state index contributed by atoms with van der Waals surface area (Å²) < 4.78 is 0. The van der Waals surface area contributed by atoms with Crippen molar-refractivity contribution < 1.29 is 9.59 Å². The summed E-state index contributed by atoms with van der Waals surface area (Å²) in [5, 5.41) is 6.72. The second-order valence-corrected chi connectivity index (χ2v) is 9.00. The van der Waals surface area contributed by atoms with Crippen molar-refractivity contribution in [1.29, 1.82) is 0 Å². The van der Waals surface area contributed by atoms with Crippen LogP contribution in [0.1, 0.15) is 79.6 Å². The Morgan fingerprint density at radius 3 is 2.00 bits per heavy atom. The highest BCUT2D eigenvalue weighted by Gasteiger charge is 2.23. The number of unbranched alkanes of at least 4 members (excludes halogenated alkanes) is 2. The number of halogens is 1. The van der Waals surface area contributed by atoms with Gasteiger partial charge in [0.2, 0.25) is 11.8 Å². The zero-order valence-electron chi connectivity index (χ0n) is 21.1. The zero-order chi connectivity index (χ0) is 23.1. The number of guanidine groups is 1. The molecule has 0 aliphatic carbocycles. The van der Waals surface area contributed by atoms with Gasteiger partial charge in [-0.3, -0.25) is 14.6 Å². The first-order chi connectivity index (χ1) is 14.9. The molecular formula is C24H48IN5O2. The Hall–Kier alpha value is -1.06. The summed E-state index contributed by atoms with van der Waals surface area (Å²) in [6.45, 7) is 15.9. The van der Waals surface area contributed by atoms with Gasteiger partial charge in [-0.1, -0.05) is 47.0 Å². The Kier molecular flexibility index (Phi) is 17.8. The first-order valence-electron chi connectivity index (χ1n) is 12.5. The predicted octanol–water partition coefficient (Wildman–Crippen LogP) is 3.87. The molecule has 1 rings (SSSR count). The van der Waals surface area contributed by atoms with Gasteiger partial charge < -0.3 is 20.4 Å². The van der Waals surface area contributed by atoms with E-state index < -0.39 is 0 Å². The van der Waals surface area contributed by atoms with Gasteiger partial charge in [-0.05, 0) is 31.6 Å². The highest BCUT2D eigenvalue weighted by molar-refractivity contribution is 14.0. The van der Waals surface area contributed by atoms with Crippen molar-refractivity contribution in [3.63, 3.8) is 0 Å². The number of nitrogens with zero attached hydrogens (tertiary/aromatic N) is 3. The summed E-state index contributed by atoms with van der Waals surface area (Å²) in [5.74, 6) is 2.37. The summed E-state index contributed by atoms with van der Waals surface area (Å²) in [6, 6.07) is 0. The minimum atomic E-state index is 0. The molecule has 0 bridgehead atoms. The largest absolute Gasteiger partial charge is 0.357 e. The fourth-order valence-corrected chi connectivity index (χ4v) is 3.74. The number of carbonyl (C=O) groups excluding carboxylic acids is 2. The van der Waals surface area contributed by atoms with Crippen LogP contribution in [0.4, 0.5) is 0 Å². The van der Waals surface area contributed by atoms with Crippen LogP contribution < -0.4 is 10.6 Å². The fourth-order valence-electron chi connectivity index (χ4n) is 3.74. The third-order valence-electron chi connectivity index (χ3n) is 5.93. The van der Waals surface area contributed by atoms with Crippen molar-refractivity contribution in [1.82, 2.24) is 20.4 Å². The number of piperazine rings is 1. The maximum absolute atomic E-state index is 12.5. The van der Waals surface area contributed by atoms with Crippen LogP contribution in [0, 0.1) is 11.8 Å². The molecule has 1 saturated heterocycles. The molecule has 0 aromatic heterocycles. The lowest BCUT2D eigenvalue weighted by molar-refractivity contribution is -0.140. The standard InChI is InChI=1S/C24H47N5O2.HI/c1-6-21(7-2)19-27-24(25-8-3)26-13-11-9-10-12-22(30)28-14-16-29(17-15-28)23(31)18-20(4)5;/h20-21H,6-19H2,1-5H3,(H2,25,26,27);1H. The van der Waals surface area contributed by atoms with Crippen LogP contribution in [-0.2, 0) is 9.59 Å². The number of carbonyl (C=O) groups is 2. The molecule has 1 aliphatic heterocycles. The van der Waals surface area contributed by atoms with Crippen molar-refractivity contribution in [2.24, 2.45) is 16.8 Å². The topological polar surface area (TPSA) is 77.0 Å². The molecule has 2 N–H and O–H groups in total. The molecule has 0 aromatic carbocycles. The quantitative estimate of drug-likeness (QED) is 0.154. The van der Waals surface area contributed by atoms with Crippen LogP contribution in [0.25, 0.3) is 0 Å². The van der Waals surface area contributed by atoms with Gasteiger partial charge in [-0.15, -0.1) is 24.0 Å². The Morgan fingerprint density at radius 2 is 1.47 bits per heavy atom. The summed E-state index contributed by atoms with van der Waals surface area (Å²) in [7, 11) is 0. The van der Waals surface area contributed by atoms with E-state index in [-0.39, 0.29) is 35.8 Å². The van der Waals surface area contributed by atoms with Crippen LogP contribution in [0.15, 0.2) is 4.99 Å². The number of nitrogens with one attached hydrogen (secondary N) is 2. The highest BCUT2D eigenvalue weighted by atomic mass is 127. The maximum Gasteiger partial charge on any atom is 0.222 e. The molecule has 7 nitrogen and oxygen atoms in total. The Morgan fingerprint density at radius 1 is 0.875 bits per heavy atom. The van der Waals surface area contributed by atoms with Gasteiger partial charge >= 0.3 is 0 Å². The smallest absolute Gasteiger partial charge is 0.222 e. The molecule has 1 heterocycles. The first kappa shape index (κ1) is 30.9. The first-order valence-corrected chi connectivity index (χ1v) is 12.5. The van der Waals surface area contributed by atoms with Crippen LogP contribution in [-0.4, -0.2) is 73.4 Å². The van der Waals surface area contributed by atoms with E-state index in [9.17, 15) is 9.59 Å². The third kappa shape index (κ3) is 12.8. The van der Waals surface area contributed by atoms with Crippen molar-refractivity contribution >= 4 is 41.8 Å². The molecular weight excluding hydrogens is 517 g/mol. The van der Waals surface area contributed by atoms with E-state index in [1.54, 1.807) is 0 Å². The molecule has 2 amide bonds. The Balaban J connectivity index is 0.00000961. The molecule has 0 spiro atoms. The second kappa shape index (κ2) is 18.4. The van der Waals surface area contributed by atoms with Crippen molar-refractivity contribution in [2.45, 2.75) is 79.6 Å². The molecule has 1 fully saturated rings. The fraction of sp³-hybridized carbons (Fsp3) is 0.875. The van der Waals surface area contributed by atoms with E-state index in [0.29, 0.717) is 50.9 Å². The van der Waals surface area contributed by atoms with Crippen molar-refractivity contribution in [3.05, 3.63) is 0 Å². The number of hydrogen-bond donors (Lipinski definition) is 2. The normalized spacial score (nSPS) is 14.5. The summed E-state index contributed by atoms with van der Waals surface area (Å²) in [5.41, 5.74) is 0. The van der Waals surface area contributed by atoms with Gasteiger partial charge in [-0.2, -0.15) is 0 Å². The molecule has 0 aromatic rings. The third-order valence-corrected chi connectivity index (χ3v) is 5.93. The average molecular weight is 566 g/mol. The Bertz CT molecular complexity index is 545. The monoisotopic (exact) mass is 565 g/mol.